The van der Waals surface area contributed by atoms with Gasteiger partial charge in [-0.05, 0) is 83.5 Å². The monoisotopic (exact) mass is 944 g/mol. The quantitative estimate of drug-likeness (QED) is 0.0229. The van der Waals surface area contributed by atoms with E-state index in [1.165, 1.54) is 89.9 Å². The maximum Gasteiger partial charge on any atom is 0.472 e. The van der Waals surface area contributed by atoms with Crippen molar-refractivity contribution < 1.29 is 47.5 Å². The van der Waals surface area contributed by atoms with Crippen LogP contribution in [0.15, 0.2) is 97.2 Å². The third kappa shape index (κ3) is 46.9. The lowest BCUT2D eigenvalue weighted by molar-refractivity contribution is -0.161. The Hall–Kier alpha value is -3.60. The molecule has 0 aliphatic carbocycles. The summed E-state index contributed by atoms with van der Waals surface area (Å²) in [4.78, 5) is 46.1. The topological polar surface area (TPSA) is 172 Å². The molecule has 11 nitrogen and oxygen atoms in total. The number of hydrogen-bond acceptors (Lipinski definition) is 9. The zero-order valence-electron chi connectivity index (χ0n) is 41.0. The molecule has 66 heavy (non-hydrogen) atoms. The average Bonchev–Trinajstić information content (AvgIpc) is 3.30. The van der Waals surface area contributed by atoms with Gasteiger partial charge in [0.25, 0.3) is 0 Å². The smallest absolute Gasteiger partial charge is 0.472 e. The van der Waals surface area contributed by atoms with Gasteiger partial charge in [0.15, 0.2) is 6.10 Å². The molecule has 0 amide bonds. The van der Waals surface area contributed by atoms with Crippen molar-refractivity contribution >= 4 is 25.7 Å². The van der Waals surface area contributed by atoms with E-state index in [1.807, 2.05) is 18.2 Å². The summed E-state index contributed by atoms with van der Waals surface area (Å²) in [5.41, 5.74) is 5.34. The van der Waals surface area contributed by atoms with Gasteiger partial charge in [0.1, 0.15) is 12.6 Å². The van der Waals surface area contributed by atoms with Crippen molar-refractivity contribution in [1.82, 2.24) is 0 Å². The van der Waals surface area contributed by atoms with Crippen LogP contribution in [0.5, 0.6) is 0 Å². The molecule has 12 heteroatoms. The SMILES string of the molecule is CC/C=C/C/C=C/C/C=C/C/C=C/C/C=C/C/C=C/CCC(=O)OC[C@H](COP(=O)(O)OC[C@H](N)C(=O)O)OC(=O)CCC/C=C/CC/C=C/CCCCCCCCCCCCCCCC. The number of ether oxygens (including phenoxy) is 2. The minimum absolute atomic E-state index is 0.0807. The molecule has 0 rings (SSSR count). The Morgan fingerprint density at radius 3 is 1.38 bits per heavy atom. The summed E-state index contributed by atoms with van der Waals surface area (Å²) in [6.45, 7) is 2.59. The van der Waals surface area contributed by atoms with E-state index >= 15 is 0 Å². The molecular weight excluding hydrogens is 854 g/mol. The number of allylic oxidation sites excluding steroid dienone is 16. The molecule has 0 aromatic carbocycles. The highest BCUT2D eigenvalue weighted by atomic mass is 31.2. The van der Waals surface area contributed by atoms with Crippen LogP contribution in [0.25, 0.3) is 0 Å². The molecule has 0 aliphatic rings. The lowest BCUT2D eigenvalue weighted by atomic mass is 10.0. The molecule has 0 saturated carbocycles. The minimum atomic E-state index is -4.76. The second-order valence-electron chi connectivity index (χ2n) is 16.6. The summed E-state index contributed by atoms with van der Waals surface area (Å²) in [7, 11) is -4.76. The highest BCUT2D eigenvalue weighted by Gasteiger charge is 2.28. The predicted octanol–water partition coefficient (Wildman–Crippen LogP) is 14.4. The molecule has 0 aliphatic heterocycles. The van der Waals surface area contributed by atoms with E-state index < -0.39 is 57.7 Å². The van der Waals surface area contributed by atoms with Crippen LogP contribution in [0.4, 0.5) is 0 Å². The maximum absolute atomic E-state index is 12.7. The third-order valence-corrected chi connectivity index (χ3v) is 11.3. The number of hydrogen-bond donors (Lipinski definition) is 3. The summed E-state index contributed by atoms with van der Waals surface area (Å²) >= 11 is 0. The van der Waals surface area contributed by atoms with Gasteiger partial charge in [-0.3, -0.25) is 23.4 Å². The summed E-state index contributed by atoms with van der Waals surface area (Å²) in [6.07, 6.45) is 62.2. The number of carboxylic acids is 1. The molecule has 0 aromatic heterocycles. The Bertz CT molecular complexity index is 1480. The Kier molecular flexibility index (Phi) is 45.3. The molecule has 376 valence electrons. The Labute approximate surface area is 400 Å². The number of rotatable bonds is 46. The number of carbonyl (C=O) groups is 3. The van der Waals surface area contributed by atoms with E-state index in [0.717, 1.165) is 57.8 Å². The van der Waals surface area contributed by atoms with Crippen molar-refractivity contribution in [3.8, 4) is 0 Å². The largest absolute Gasteiger partial charge is 0.480 e. The zero-order chi connectivity index (χ0) is 48.4. The average molecular weight is 944 g/mol. The number of unbranched alkanes of at least 4 members (excludes halogenated alkanes) is 16. The van der Waals surface area contributed by atoms with Crippen molar-refractivity contribution in [3.63, 3.8) is 0 Å². The van der Waals surface area contributed by atoms with Crippen molar-refractivity contribution in [2.24, 2.45) is 5.73 Å². The second-order valence-corrected chi connectivity index (χ2v) is 18.0. The summed E-state index contributed by atoms with van der Waals surface area (Å²) in [5, 5.41) is 8.92. The van der Waals surface area contributed by atoms with Crippen molar-refractivity contribution in [2.75, 3.05) is 19.8 Å². The molecule has 0 radical (unpaired) electrons. The molecule has 1 unspecified atom stereocenters. The van der Waals surface area contributed by atoms with Gasteiger partial charge in [-0.15, -0.1) is 0 Å². The fourth-order valence-electron chi connectivity index (χ4n) is 6.41. The molecule has 0 spiro atoms. The van der Waals surface area contributed by atoms with E-state index in [9.17, 15) is 23.8 Å². The normalized spacial score (nSPS) is 14.4. The zero-order valence-corrected chi connectivity index (χ0v) is 41.9. The number of esters is 2. The lowest BCUT2D eigenvalue weighted by Gasteiger charge is -2.20. The van der Waals surface area contributed by atoms with Gasteiger partial charge >= 0.3 is 25.7 Å². The Morgan fingerprint density at radius 2 is 0.894 bits per heavy atom. The third-order valence-electron chi connectivity index (χ3n) is 10.3. The molecule has 4 N–H and O–H groups in total. The summed E-state index contributed by atoms with van der Waals surface area (Å²) < 4.78 is 32.7. The van der Waals surface area contributed by atoms with E-state index in [2.05, 4.69) is 97.4 Å². The number of carbonyl (C=O) groups excluding carboxylic acids is 2. The lowest BCUT2D eigenvalue weighted by Crippen LogP contribution is -2.34. The molecule has 0 heterocycles. The number of phosphoric ester groups is 1. The second kappa shape index (κ2) is 47.9. The fourth-order valence-corrected chi connectivity index (χ4v) is 7.18. The van der Waals surface area contributed by atoms with Crippen LogP contribution in [0, 0.1) is 0 Å². The van der Waals surface area contributed by atoms with Crippen LogP contribution in [0.1, 0.15) is 194 Å². The van der Waals surface area contributed by atoms with Crippen LogP contribution >= 0.6 is 7.82 Å². The van der Waals surface area contributed by atoms with Crippen LogP contribution < -0.4 is 5.73 Å². The molecule has 0 fully saturated rings. The van der Waals surface area contributed by atoms with Gasteiger partial charge in [-0.1, -0.05) is 195 Å². The van der Waals surface area contributed by atoms with Gasteiger partial charge in [-0.25, -0.2) is 4.57 Å². The van der Waals surface area contributed by atoms with Crippen LogP contribution in [0.3, 0.4) is 0 Å². The number of carboxylic acid groups (broad SMARTS) is 1. The molecular formula is C54H90NO10P. The van der Waals surface area contributed by atoms with Crippen LogP contribution in [0.2, 0.25) is 0 Å². The first-order valence-electron chi connectivity index (χ1n) is 25.3. The predicted molar refractivity (Wildman–Crippen MR) is 272 cm³/mol. The van der Waals surface area contributed by atoms with Crippen molar-refractivity contribution in [3.05, 3.63) is 97.2 Å². The van der Waals surface area contributed by atoms with Gasteiger partial charge in [0.05, 0.1) is 13.2 Å². The first-order chi connectivity index (χ1) is 32.1. The Balaban J connectivity index is 4.43. The molecule has 0 saturated heterocycles. The van der Waals surface area contributed by atoms with E-state index in [4.69, 9.17) is 24.8 Å². The number of aliphatic carboxylic acids is 1. The number of phosphoric acid groups is 1. The Morgan fingerprint density at radius 1 is 0.485 bits per heavy atom. The van der Waals surface area contributed by atoms with Crippen LogP contribution in [-0.4, -0.2) is 59.9 Å². The van der Waals surface area contributed by atoms with Gasteiger partial charge in [0, 0.05) is 12.8 Å². The van der Waals surface area contributed by atoms with Gasteiger partial charge in [-0.2, -0.15) is 0 Å². The highest BCUT2D eigenvalue weighted by molar-refractivity contribution is 7.47. The highest BCUT2D eigenvalue weighted by Crippen LogP contribution is 2.43. The van der Waals surface area contributed by atoms with E-state index in [-0.39, 0.29) is 12.8 Å². The van der Waals surface area contributed by atoms with Gasteiger partial charge in [0.2, 0.25) is 0 Å². The minimum Gasteiger partial charge on any atom is -0.480 e. The van der Waals surface area contributed by atoms with Crippen molar-refractivity contribution in [2.45, 2.75) is 206 Å². The summed E-state index contributed by atoms with van der Waals surface area (Å²) in [5.74, 6) is -2.55. The van der Waals surface area contributed by atoms with E-state index in [1.54, 1.807) is 0 Å². The molecule has 0 aromatic rings. The first kappa shape index (κ1) is 62.4. The number of nitrogens with two attached hydrogens (primary N) is 1. The molecule has 3 atom stereocenters. The van der Waals surface area contributed by atoms with Gasteiger partial charge < -0.3 is 25.2 Å². The van der Waals surface area contributed by atoms with Crippen LogP contribution in [-0.2, 0) is 37.5 Å². The summed E-state index contributed by atoms with van der Waals surface area (Å²) in [6, 6.07) is -1.54. The fraction of sp³-hybridized carbons (Fsp3) is 0.648. The molecule has 0 bridgehead atoms. The maximum atomic E-state index is 12.7. The van der Waals surface area contributed by atoms with Crippen molar-refractivity contribution in [1.29, 1.82) is 0 Å². The standard InChI is InChI=1S/C54H90NO10P/c1-3-5-7-9-11-13-15-17-19-21-23-24-25-26-28-30-32-34-36-38-40-42-44-46-53(57)65-50(48-63-66(60,61)64-49-51(55)54(58)59)47-62-52(56)45-43-41-39-37-35-33-31-29-27-22-20-18-16-14-12-10-8-6-4-2/h6,8,12,14,18,20,27,29-30,32-33,35,38-41,50-51H,3-5,7,9-11,13,15-17,19,21-26,28,31,34,36-37,42-49,55H2,1-2H3,(H,58,59)(H,60,61)/b8-6+,14-12+,20-18+,29-27+,32-30+,35-33+,40-38+,41-39+/t50-,51+/m1/s1. The van der Waals surface area contributed by atoms with E-state index in [0.29, 0.717) is 19.3 Å². The first-order valence-corrected chi connectivity index (χ1v) is 26.8.